The number of aromatic carboxylic acids is 1. The van der Waals surface area contributed by atoms with E-state index in [1.54, 1.807) is 24.3 Å². The number of benzene rings is 1. The Morgan fingerprint density at radius 3 is 2.43 bits per heavy atom. The molecule has 0 aliphatic rings. The van der Waals surface area contributed by atoms with Crippen LogP contribution >= 0.6 is 0 Å². The first-order valence-electron chi connectivity index (χ1n) is 6.37. The molecular formula is C15H14N2O4. The van der Waals surface area contributed by atoms with Gasteiger partial charge in [-0.3, -0.25) is 4.79 Å². The third-order valence-electron chi connectivity index (χ3n) is 2.79. The van der Waals surface area contributed by atoms with Crippen LogP contribution in [0.4, 0.5) is 0 Å². The highest BCUT2D eigenvalue weighted by Crippen LogP contribution is 2.20. The standard InChI is InChI=1S/C15H14N2O4/c1-3-21-11-6-4-10(5-7-11)14-16-8-12(9(2)18)13(17-14)15(19)20/h4-8H,3H2,1-2H3,(H,19,20). The van der Waals surface area contributed by atoms with Crippen molar-refractivity contribution in [3.63, 3.8) is 0 Å². The Hall–Kier alpha value is -2.76. The predicted molar refractivity (Wildman–Crippen MR) is 75.6 cm³/mol. The second kappa shape index (κ2) is 6.13. The van der Waals surface area contributed by atoms with Gasteiger partial charge in [0.2, 0.25) is 0 Å². The number of nitrogens with zero attached hydrogens (tertiary/aromatic N) is 2. The molecule has 1 N–H and O–H groups in total. The first-order chi connectivity index (χ1) is 10.0. The lowest BCUT2D eigenvalue weighted by Gasteiger charge is -2.06. The Bertz CT molecular complexity index is 681. The van der Waals surface area contributed by atoms with Crippen LogP contribution in [0.2, 0.25) is 0 Å². The number of hydrogen-bond donors (Lipinski definition) is 1. The molecule has 2 rings (SSSR count). The van der Waals surface area contributed by atoms with Crippen LogP contribution in [0.15, 0.2) is 30.5 Å². The average molecular weight is 286 g/mol. The van der Waals surface area contributed by atoms with Crippen molar-refractivity contribution in [2.75, 3.05) is 6.61 Å². The third-order valence-corrected chi connectivity index (χ3v) is 2.79. The van der Waals surface area contributed by atoms with Crippen LogP contribution in [0.3, 0.4) is 0 Å². The zero-order chi connectivity index (χ0) is 15.4. The number of ether oxygens (including phenoxy) is 1. The summed E-state index contributed by atoms with van der Waals surface area (Å²) in [5.41, 5.74) is 0.356. The minimum atomic E-state index is -1.25. The molecule has 2 aromatic rings. The average Bonchev–Trinajstić information content (AvgIpc) is 2.47. The molecule has 0 fully saturated rings. The van der Waals surface area contributed by atoms with E-state index in [-0.39, 0.29) is 22.9 Å². The topological polar surface area (TPSA) is 89.4 Å². The monoisotopic (exact) mass is 286 g/mol. The van der Waals surface area contributed by atoms with Gasteiger partial charge in [0.1, 0.15) is 5.75 Å². The fourth-order valence-corrected chi connectivity index (χ4v) is 1.81. The Morgan fingerprint density at radius 1 is 1.24 bits per heavy atom. The van der Waals surface area contributed by atoms with Gasteiger partial charge >= 0.3 is 5.97 Å². The highest BCUT2D eigenvalue weighted by molar-refractivity contribution is 6.03. The van der Waals surface area contributed by atoms with Gasteiger partial charge in [-0.25, -0.2) is 14.8 Å². The smallest absolute Gasteiger partial charge is 0.355 e. The second-order valence-corrected chi connectivity index (χ2v) is 4.27. The molecule has 108 valence electrons. The molecule has 1 aromatic carbocycles. The zero-order valence-corrected chi connectivity index (χ0v) is 11.7. The Balaban J connectivity index is 2.42. The largest absolute Gasteiger partial charge is 0.494 e. The number of Topliss-reactive ketones (excluding diaryl/α,β-unsaturated/α-hetero) is 1. The maximum atomic E-state index is 11.4. The van der Waals surface area contributed by atoms with Crippen molar-refractivity contribution in [1.29, 1.82) is 0 Å². The summed E-state index contributed by atoms with van der Waals surface area (Å²) in [5.74, 6) is -0.680. The number of carbonyl (C=O) groups excluding carboxylic acids is 1. The molecule has 1 heterocycles. The lowest BCUT2D eigenvalue weighted by atomic mass is 10.1. The summed E-state index contributed by atoms with van der Waals surface area (Å²) in [5, 5.41) is 9.14. The molecular weight excluding hydrogens is 272 g/mol. The molecule has 0 amide bonds. The lowest BCUT2D eigenvalue weighted by Crippen LogP contribution is -2.11. The maximum Gasteiger partial charge on any atom is 0.355 e. The van der Waals surface area contributed by atoms with Gasteiger partial charge in [0.05, 0.1) is 12.2 Å². The van der Waals surface area contributed by atoms with Crippen molar-refractivity contribution < 1.29 is 19.4 Å². The summed E-state index contributed by atoms with van der Waals surface area (Å²) in [4.78, 5) is 30.6. The van der Waals surface area contributed by atoms with E-state index in [0.29, 0.717) is 17.9 Å². The molecule has 21 heavy (non-hydrogen) atoms. The summed E-state index contributed by atoms with van der Waals surface area (Å²) in [7, 11) is 0. The molecule has 6 nitrogen and oxygen atoms in total. The van der Waals surface area contributed by atoms with Crippen molar-refractivity contribution in [2.24, 2.45) is 0 Å². The van der Waals surface area contributed by atoms with Crippen LogP contribution in [0.5, 0.6) is 5.75 Å². The van der Waals surface area contributed by atoms with E-state index in [4.69, 9.17) is 9.84 Å². The van der Waals surface area contributed by atoms with Crippen molar-refractivity contribution in [1.82, 2.24) is 9.97 Å². The second-order valence-electron chi connectivity index (χ2n) is 4.27. The van der Waals surface area contributed by atoms with Gasteiger partial charge in [-0.15, -0.1) is 0 Å². The minimum absolute atomic E-state index is 0.00261. The number of ketones is 1. The van der Waals surface area contributed by atoms with Gasteiger partial charge in [-0.05, 0) is 38.1 Å². The fourth-order valence-electron chi connectivity index (χ4n) is 1.81. The van der Waals surface area contributed by atoms with Crippen LogP contribution in [-0.4, -0.2) is 33.4 Å². The summed E-state index contributed by atoms with van der Waals surface area (Å²) in [6.45, 7) is 3.73. The van der Waals surface area contributed by atoms with Gasteiger partial charge < -0.3 is 9.84 Å². The van der Waals surface area contributed by atoms with Gasteiger partial charge in [-0.1, -0.05) is 0 Å². The van der Waals surface area contributed by atoms with Crippen LogP contribution in [-0.2, 0) is 0 Å². The predicted octanol–water partition coefficient (Wildman–Crippen LogP) is 2.44. The molecule has 0 aliphatic carbocycles. The highest BCUT2D eigenvalue weighted by Gasteiger charge is 2.17. The molecule has 0 atom stereocenters. The molecule has 0 aliphatic heterocycles. The maximum absolute atomic E-state index is 11.4. The van der Waals surface area contributed by atoms with Gasteiger partial charge in [0.25, 0.3) is 0 Å². The normalized spacial score (nSPS) is 10.2. The number of carboxylic acid groups (broad SMARTS) is 1. The van der Waals surface area contributed by atoms with Gasteiger partial charge in [0, 0.05) is 11.8 Å². The summed E-state index contributed by atoms with van der Waals surface area (Å²) in [6, 6.07) is 6.97. The summed E-state index contributed by atoms with van der Waals surface area (Å²) >= 11 is 0. The Morgan fingerprint density at radius 2 is 1.90 bits per heavy atom. The zero-order valence-electron chi connectivity index (χ0n) is 11.7. The van der Waals surface area contributed by atoms with Crippen molar-refractivity contribution in [3.8, 4) is 17.1 Å². The van der Waals surface area contributed by atoms with E-state index in [1.807, 2.05) is 6.92 Å². The minimum Gasteiger partial charge on any atom is -0.494 e. The van der Waals surface area contributed by atoms with Crippen LogP contribution in [0, 0.1) is 0 Å². The molecule has 0 unspecified atom stereocenters. The fraction of sp³-hybridized carbons (Fsp3) is 0.200. The quantitative estimate of drug-likeness (QED) is 0.849. The van der Waals surface area contributed by atoms with Crippen LogP contribution < -0.4 is 4.74 Å². The highest BCUT2D eigenvalue weighted by atomic mass is 16.5. The molecule has 0 radical (unpaired) electrons. The molecule has 1 aromatic heterocycles. The molecule has 0 spiro atoms. The number of carboxylic acids is 1. The summed E-state index contributed by atoms with van der Waals surface area (Å²) in [6.07, 6.45) is 1.24. The first kappa shape index (κ1) is 14.6. The Labute approximate surface area is 121 Å². The third kappa shape index (κ3) is 3.22. The van der Waals surface area contributed by atoms with Crippen molar-refractivity contribution in [3.05, 3.63) is 41.7 Å². The number of hydrogen-bond acceptors (Lipinski definition) is 5. The van der Waals surface area contributed by atoms with E-state index < -0.39 is 5.97 Å². The van der Waals surface area contributed by atoms with Crippen LogP contribution in [0.1, 0.15) is 34.7 Å². The van der Waals surface area contributed by atoms with Crippen LogP contribution in [0.25, 0.3) is 11.4 Å². The first-order valence-corrected chi connectivity index (χ1v) is 6.37. The number of carbonyl (C=O) groups is 2. The molecule has 6 heteroatoms. The van der Waals surface area contributed by atoms with Gasteiger partial charge in [0.15, 0.2) is 17.3 Å². The SMILES string of the molecule is CCOc1ccc(-c2ncc(C(C)=O)c(C(=O)O)n2)cc1. The van der Waals surface area contributed by atoms with Crippen molar-refractivity contribution >= 4 is 11.8 Å². The van der Waals surface area contributed by atoms with E-state index >= 15 is 0 Å². The molecule has 0 bridgehead atoms. The van der Waals surface area contributed by atoms with E-state index in [1.165, 1.54) is 13.1 Å². The van der Waals surface area contributed by atoms with E-state index in [2.05, 4.69) is 9.97 Å². The molecule has 0 saturated carbocycles. The van der Waals surface area contributed by atoms with Crippen molar-refractivity contribution in [2.45, 2.75) is 13.8 Å². The molecule has 0 saturated heterocycles. The number of rotatable bonds is 5. The van der Waals surface area contributed by atoms with E-state index in [9.17, 15) is 9.59 Å². The lowest BCUT2D eigenvalue weighted by molar-refractivity contribution is 0.0685. The summed E-state index contributed by atoms with van der Waals surface area (Å²) < 4.78 is 5.33. The number of aromatic nitrogens is 2. The van der Waals surface area contributed by atoms with E-state index in [0.717, 1.165) is 0 Å². The Kier molecular flexibility index (Phi) is 4.27. The van der Waals surface area contributed by atoms with Gasteiger partial charge in [-0.2, -0.15) is 0 Å².